The van der Waals surface area contributed by atoms with E-state index in [1.54, 1.807) is 6.20 Å². The molecule has 0 bridgehead atoms. The summed E-state index contributed by atoms with van der Waals surface area (Å²) in [6, 6.07) is 1.43. The molecule has 1 N–H and O–H groups in total. The summed E-state index contributed by atoms with van der Waals surface area (Å²) in [5, 5.41) is 3.09. The van der Waals surface area contributed by atoms with Crippen LogP contribution in [-0.4, -0.2) is 22.0 Å². The van der Waals surface area contributed by atoms with E-state index < -0.39 is 0 Å². The van der Waals surface area contributed by atoms with E-state index in [0.717, 1.165) is 6.54 Å². The Labute approximate surface area is 108 Å². The van der Waals surface area contributed by atoms with E-state index in [1.165, 1.54) is 24.7 Å². The van der Waals surface area contributed by atoms with Gasteiger partial charge >= 0.3 is 0 Å². The zero-order valence-corrected chi connectivity index (χ0v) is 11.5. The molecule has 0 aromatic carbocycles. The molecule has 5 heteroatoms. The highest BCUT2D eigenvalue weighted by Crippen LogP contribution is 2.37. The number of nitrogens with zero attached hydrogens (tertiary/aromatic N) is 1. The van der Waals surface area contributed by atoms with Crippen LogP contribution in [0.2, 0.25) is 0 Å². The fraction of sp³-hybridized carbons (Fsp3) is 0.545. The summed E-state index contributed by atoms with van der Waals surface area (Å²) in [5.74, 6) is 1.24. The molecule has 0 aliphatic carbocycles. The van der Waals surface area contributed by atoms with E-state index in [4.69, 9.17) is 0 Å². The molecule has 1 aromatic heterocycles. The highest BCUT2D eigenvalue weighted by Gasteiger charge is 2.29. The third-order valence-corrected chi connectivity index (χ3v) is 4.71. The van der Waals surface area contributed by atoms with Crippen LogP contribution < -0.4 is 5.32 Å². The number of rotatable bonds is 3. The van der Waals surface area contributed by atoms with Crippen LogP contribution in [0, 0.1) is 5.82 Å². The molecule has 1 fully saturated rings. The van der Waals surface area contributed by atoms with Crippen LogP contribution >= 0.6 is 27.7 Å². The number of thioether (sulfide) groups is 1. The van der Waals surface area contributed by atoms with Gasteiger partial charge in [-0.05, 0) is 47.5 Å². The van der Waals surface area contributed by atoms with E-state index >= 15 is 0 Å². The lowest BCUT2D eigenvalue weighted by molar-refractivity contribution is 0.608. The lowest BCUT2D eigenvalue weighted by atomic mass is 10.1. The number of anilines is 1. The molecule has 0 saturated carbocycles. The Morgan fingerprint density at radius 2 is 2.50 bits per heavy atom. The first-order chi connectivity index (χ1) is 7.59. The average Bonchev–Trinajstić information content (AvgIpc) is 2.64. The van der Waals surface area contributed by atoms with Gasteiger partial charge in [-0.3, -0.25) is 0 Å². The Morgan fingerprint density at radius 1 is 1.69 bits per heavy atom. The second-order valence-electron chi connectivity index (χ2n) is 4.24. The van der Waals surface area contributed by atoms with Crippen molar-refractivity contribution < 1.29 is 4.39 Å². The Hall–Kier alpha value is -0.290. The number of nitrogens with one attached hydrogen (secondary N) is 1. The van der Waals surface area contributed by atoms with Crippen LogP contribution in [0.5, 0.6) is 0 Å². The molecule has 1 aliphatic rings. The van der Waals surface area contributed by atoms with E-state index in [1.807, 2.05) is 11.8 Å². The number of aromatic nitrogens is 1. The molecule has 0 spiro atoms. The van der Waals surface area contributed by atoms with Crippen molar-refractivity contribution in [3.05, 3.63) is 22.6 Å². The zero-order valence-electron chi connectivity index (χ0n) is 9.09. The summed E-state index contributed by atoms with van der Waals surface area (Å²) in [5.41, 5.74) is 0. The Kier molecular flexibility index (Phi) is 3.74. The molecule has 2 rings (SSSR count). The molecule has 2 heterocycles. The van der Waals surface area contributed by atoms with Crippen LogP contribution in [0.4, 0.5) is 10.2 Å². The topological polar surface area (TPSA) is 24.9 Å². The maximum Gasteiger partial charge on any atom is 0.166 e. The van der Waals surface area contributed by atoms with E-state index in [9.17, 15) is 4.39 Å². The summed E-state index contributed by atoms with van der Waals surface area (Å²) >= 11 is 5.14. The van der Waals surface area contributed by atoms with Crippen molar-refractivity contribution in [2.45, 2.75) is 24.5 Å². The second kappa shape index (κ2) is 4.92. The first-order valence-corrected chi connectivity index (χ1v) is 7.06. The minimum atomic E-state index is -0.305. The fourth-order valence-corrected chi connectivity index (χ4v) is 3.34. The minimum absolute atomic E-state index is 0.223. The quantitative estimate of drug-likeness (QED) is 0.922. The predicted octanol–water partition coefficient (Wildman–Crippen LogP) is 3.68. The van der Waals surface area contributed by atoms with Gasteiger partial charge in [-0.1, -0.05) is 0 Å². The summed E-state index contributed by atoms with van der Waals surface area (Å²) in [4.78, 5) is 4.03. The van der Waals surface area contributed by atoms with E-state index in [-0.39, 0.29) is 10.6 Å². The Balaban J connectivity index is 1.99. The van der Waals surface area contributed by atoms with E-state index in [0.29, 0.717) is 10.3 Å². The first kappa shape index (κ1) is 12.2. The predicted molar refractivity (Wildman–Crippen MR) is 70.5 cm³/mol. The first-order valence-electron chi connectivity index (χ1n) is 5.28. The van der Waals surface area contributed by atoms with Gasteiger partial charge in [0.15, 0.2) is 11.6 Å². The van der Waals surface area contributed by atoms with Gasteiger partial charge in [0, 0.05) is 22.0 Å². The smallest absolute Gasteiger partial charge is 0.166 e. The van der Waals surface area contributed by atoms with Gasteiger partial charge in [-0.2, -0.15) is 11.8 Å². The van der Waals surface area contributed by atoms with Crippen molar-refractivity contribution in [2.24, 2.45) is 0 Å². The van der Waals surface area contributed by atoms with Gasteiger partial charge in [0.1, 0.15) is 0 Å². The molecule has 0 radical (unpaired) electrons. The van der Waals surface area contributed by atoms with Crippen LogP contribution in [0.3, 0.4) is 0 Å². The van der Waals surface area contributed by atoms with Gasteiger partial charge in [0.25, 0.3) is 0 Å². The Bertz CT molecular complexity index is 380. The molecular formula is C11H14BrFN2S. The number of hydrogen-bond acceptors (Lipinski definition) is 3. The third-order valence-electron chi connectivity index (χ3n) is 2.74. The van der Waals surface area contributed by atoms with Gasteiger partial charge in [-0.25, -0.2) is 9.37 Å². The SMILES string of the molecule is CC1(CNc2ncc(Br)cc2F)CCCS1. The lowest BCUT2D eigenvalue weighted by Crippen LogP contribution is -2.27. The van der Waals surface area contributed by atoms with Gasteiger partial charge in [0.05, 0.1) is 0 Å². The highest BCUT2D eigenvalue weighted by molar-refractivity contribution is 9.10. The van der Waals surface area contributed by atoms with Crippen LogP contribution in [0.25, 0.3) is 0 Å². The van der Waals surface area contributed by atoms with Crippen molar-refractivity contribution >= 4 is 33.5 Å². The maximum atomic E-state index is 13.5. The van der Waals surface area contributed by atoms with Crippen molar-refractivity contribution in [3.63, 3.8) is 0 Å². The minimum Gasteiger partial charge on any atom is -0.366 e. The third kappa shape index (κ3) is 2.88. The molecule has 1 unspecified atom stereocenters. The summed E-state index contributed by atoms with van der Waals surface area (Å²) < 4.78 is 14.4. The van der Waals surface area contributed by atoms with Crippen molar-refractivity contribution in [3.8, 4) is 0 Å². The number of hydrogen-bond donors (Lipinski definition) is 1. The van der Waals surface area contributed by atoms with Crippen LogP contribution in [0.1, 0.15) is 19.8 Å². The molecular weight excluding hydrogens is 291 g/mol. The molecule has 0 amide bonds. The fourth-order valence-electron chi connectivity index (χ4n) is 1.79. The Morgan fingerprint density at radius 3 is 3.12 bits per heavy atom. The standard InChI is InChI=1S/C11H14BrFN2S/c1-11(3-2-4-16-11)7-15-10-9(13)5-8(12)6-14-10/h5-6H,2-4,7H2,1H3,(H,14,15). The maximum absolute atomic E-state index is 13.5. The molecule has 1 saturated heterocycles. The molecule has 1 aliphatic heterocycles. The largest absolute Gasteiger partial charge is 0.366 e. The van der Waals surface area contributed by atoms with Crippen molar-refractivity contribution in [1.29, 1.82) is 0 Å². The monoisotopic (exact) mass is 304 g/mol. The van der Waals surface area contributed by atoms with Crippen molar-refractivity contribution in [2.75, 3.05) is 17.6 Å². The van der Waals surface area contributed by atoms with Gasteiger partial charge < -0.3 is 5.32 Å². The second-order valence-corrected chi connectivity index (χ2v) is 6.84. The van der Waals surface area contributed by atoms with Crippen LogP contribution in [-0.2, 0) is 0 Å². The highest BCUT2D eigenvalue weighted by atomic mass is 79.9. The molecule has 16 heavy (non-hydrogen) atoms. The average molecular weight is 305 g/mol. The zero-order chi connectivity index (χ0) is 11.6. The summed E-state index contributed by atoms with van der Waals surface area (Å²) in [6.07, 6.45) is 4.04. The van der Waals surface area contributed by atoms with Crippen LogP contribution in [0.15, 0.2) is 16.7 Å². The van der Waals surface area contributed by atoms with Gasteiger partial charge in [0.2, 0.25) is 0 Å². The lowest BCUT2D eigenvalue weighted by Gasteiger charge is -2.23. The summed E-state index contributed by atoms with van der Waals surface area (Å²) in [6.45, 7) is 2.98. The number of pyridine rings is 1. The molecule has 2 nitrogen and oxygen atoms in total. The molecule has 88 valence electrons. The van der Waals surface area contributed by atoms with E-state index in [2.05, 4.69) is 33.2 Å². The number of halogens is 2. The summed E-state index contributed by atoms with van der Waals surface area (Å²) in [7, 11) is 0. The normalized spacial score (nSPS) is 24.7. The molecule has 1 atom stereocenters. The molecule has 1 aromatic rings. The van der Waals surface area contributed by atoms with Crippen molar-refractivity contribution in [1.82, 2.24) is 4.98 Å². The van der Waals surface area contributed by atoms with Gasteiger partial charge in [-0.15, -0.1) is 0 Å².